The van der Waals surface area contributed by atoms with Crippen LogP contribution in [0.15, 0.2) is 285 Å². The van der Waals surface area contributed by atoms with E-state index in [1.165, 1.54) is 0 Å². The molecule has 0 fully saturated rings. The molecular weight excluding hydrogens is 966 g/mol. The van der Waals surface area contributed by atoms with Gasteiger partial charge in [0.2, 0.25) is 0 Å². The highest BCUT2D eigenvalue weighted by molar-refractivity contribution is 6.99. The number of benzene rings is 12. The first kappa shape index (κ1) is 34.2. The lowest BCUT2D eigenvalue weighted by atomic mass is 9.34. The third-order valence-corrected chi connectivity index (χ3v) is 16.2. The fourth-order valence-electron chi connectivity index (χ4n) is 12.6. The maximum Gasteiger partial charge on any atom is 0.256 e. The van der Waals surface area contributed by atoms with Crippen molar-refractivity contribution < 1.29 is 25.3 Å². The molecule has 378 valence electrons. The Morgan fingerprint density at radius 3 is 1.57 bits per heavy atom. The van der Waals surface area contributed by atoms with Crippen LogP contribution in [-0.4, -0.2) is 6.71 Å². The molecule has 0 saturated heterocycles. The van der Waals surface area contributed by atoms with Crippen LogP contribution in [0.2, 0.25) is 0 Å². The van der Waals surface area contributed by atoms with Gasteiger partial charge in [0.25, 0.3) is 6.71 Å². The number of fused-ring (bicyclic) bond motifs is 7. The van der Waals surface area contributed by atoms with Gasteiger partial charge in [-0.3, -0.25) is 0 Å². The molecule has 0 bridgehead atoms. The van der Waals surface area contributed by atoms with Gasteiger partial charge < -0.3 is 9.64 Å². The minimum atomic E-state index is -2.21. The van der Waals surface area contributed by atoms with E-state index in [9.17, 15) is 13.7 Å². The van der Waals surface area contributed by atoms with E-state index in [2.05, 4.69) is 68.1 Å². The zero-order valence-corrected chi connectivity index (χ0v) is 43.9. The Bertz CT molecular complexity index is 5090. The molecule has 0 saturated carbocycles. The maximum absolute atomic E-state index is 9.94. The van der Waals surface area contributed by atoms with Gasteiger partial charge in [-0.1, -0.05) is 281 Å². The summed E-state index contributed by atoms with van der Waals surface area (Å²) < 4.78 is 147. The molecule has 0 radical (unpaired) electrons. The van der Waals surface area contributed by atoms with Crippen LogP contribution in [0.25, 0.3) is 66.8 Å². The summed E-state index contributed by atoms with van der Waals surface area (Å²) in [6.45, 7) is 5.91. The number of rotatable bonds is 8. The lowest BCUT2D eigenvalue weighted by molar-refractivity contribution is 0.488. The van der Waals surface area contributed by atoms with Crippen molar-refractivity contribution in [2.75, 3.05) is 4.90 Å². The van der Waals surface area contributed by atoms with Crippen molar-refractivity contribution in [1.29, 1.82) is 0 Å². The third-order valence-electron chi connectivity index (χ3n) is 16.2. The summed E-state index contributed by atoms with van der Waals surface area (Å²) in [6.07, 6.45) is 0. The SMILES string of the molecule is [2H]c1c([2H])c([2H])c(-c2ccc3c(c2)N(c2c(-c4ccccc4)cccc2-c2ccccc2)c2cc(-c4cccc5c4C(c4c([2H])c([2H])c([2H])c([2H])c4[2H])(c4c([2H])c([2H])c([2H])c([2H])c4[2H])c4ccccc4-5)cc4c2B3c2ccc(-c3cccc(C(C)(C)C)c3)cc2O4)c([2H])c1[2H]. The van der Waals surface area contributed by atoms with E-state index in [1.807, 2.05) is 133 Å². The molecular formula is C77H56BNO. The van der Waals surface area contributed by atoms with E-state index in [4.69, 9.17) is 11.6 Å². The van der Waals surface area contributed by atoms with Crippen molar-refractivity contribution in [2.24, 2.45) is 0 Å². The molecule has 0 amide bonds. The fourth-order valence-corrected chi connectivity index (χ4v) is 12.6. The largest absolute Gasteiger partial charge is 0.458 e. The van der Waals surface area contributed by atoms with Crippen LogP contribution in [-0.2, 0) is 10.8 Å². The van der Waals surface area contributed by atoms with E-state index in [0.717, 1.165) is 55.3 Å². The topological polar surface area (TPSA) is 12.5 Å². The Balaban J connectivity index is 1.12. The minimum absolute atomic E-state index is 0.00386. The smallest absolute Gasteiger partial charge is 0.256 e. The zero-order valence-electron chi connectivity index (χ0n) is 58.9. The maximum atomic E-state index is 9.94. The van der Waals surface area contributed by atoms with Crippen molar-refractivity contribution in [3.05, 3.63) is 313 Å². The Morgan fingerprint density at radius 2 is 0.912 bits per heavy atom. The van der Waals surface area contributed by atoms with Gasteiger partial charge in [0.1, 0.15) is 11.5 Å². The molecule has 15 rings (SSSR count). The van der Waals surface area contributed by atoms with Crippen molar-refractivity contribution in [1.82, 2.24) is 0 Å². The van der Waals surface area contributed by atoms with Gasteiger partial charge in [0, 0.05) is 22.5 Å². The average molecular weight is 1040 g/mol. The minimum Gasteiger partial charge on any atom is -0.458 e. The second-order valence-corrected chi connectivity index (χ2v) is 21.6. The molecule has 1 aliphatic carbocycles. The Labute approximate surface area is 491 Å². The summed E-state index contributed by atoms with van der Waals surface area (Å²) in [4.78, 5) is 2.16. The lowest BCUT2D eigenvalue weighted by Crippen LogP contribution is -2.59. The van der Waals surface area contributed by atoms with Crippen molar-refractivity contribution in [3.8, 4) is 78.3 Å². The van der Waals surface area contributed by atoms with Crippen LogP contribution in [0.4, 0.5) is 17.1 Å². The number of ether oxygens (including phenoxy) is 1. The first-order valence-corrected chi connectivity index (χ1v) is 26.8. The standard InChI is InChI=1S/C77H56BNO/c1-76(2,3)60-35-21-30-54(46-60)56-43-45-68-71(49-56)80-72-50-57(61-37-22-40-65-64-36-19-20-41-66(64)77(73(61)65,58-31-15-7-16-32-58)59-33-17-8-18-34-59)48-70-74(72)78(68)67-44-42-55(51-24-9-4-10-25-51)47-69(67)79(70)75-62(52-26-11-5-12-27-52)38-23-39-63(75)53-28-13-6-14-29-53/h4-50H,1-3H3/i4D,7D,8D,9D,10D,15D,16D,17D,18D,24D,25D,31D,32D,33D,34D. The molecule has 3 heteroatoms. The van der Waals surface area contributed by atoms with Gasteiger partial charge >= 0.3 is 0 Å². The fraction of sp³-hybridized carbons (Fsp3) is 0.0649. The molecule has 2 heterocycles. The Kier molecular flexibility index (Phi) is 8.03. The number of nitrogens with zero attached hydrogens (tertiary/aromatic N) is 1. The van der Waals surface area contributed by atoms with E-state index in [1.54, 1.807) is 18.2 Å². The first-order valence-electron chi connectivity index (χ1n) is 34.3. The van der Waals surface area contributed by atoms with Gasteiger partial charge in [0.05, 0.1) is 31.7 Å². The number of hydrogen-bond acceptors (Lipinski definition) is 2. The van der Waals surface area contributed by atoms with Gasteiger partial charge in [-0.05, 0) is 130 Å². The van der Waals surface area contributed by atoms with Gasteiger partial charge in [-0.25, -0.2) is 0 Å². The summed E-state index contributed by atoms with van der Waals surface area (Å²) in [5, 5.41) is 0. The predicted octanol–water partition coefficient (Wildman–Crippen LogP) is 18.1. The molecule has 12 aromatic rings. The molecule has 0 atom stereocenters. The summed E-state index contributed by atoms with van der Waals surface area (Å²) in [5.74, 6) is 0.954. The number of para-hydroxylation sites is 1. The molecule has 80 heavy (non-hydrogen) atoms. The second kappa shape index (κ2) is 18.8. The highest BCUT2D eigenvalue weighted by Gasteiger charge is 2.49. The number of anilines is 3. The average Bonchev–Trinajstić information content (AvgIpc) is 1.58. The summed E-state index contributed by atoms with van der Waals surface area (Å²) >= 11 is 0. The molecule has 0 unspecified atom stereocenters. The Hall–Kier alpha value is -9.70. The Morgan fingerprint density at radius 1 is 0.400 bits per heavy atom. The molecule has 2 nitrogen and oxygen atoms in total. The third kappa shape index (κ3) is 7.49. The molecule has 0 aromatic heterocycles. The molecule has 2 aliphatic heterocycles. The van der Waals surface area contributed by atoms with Crippen LogP contribution in [0.3, 0.4) is 0 Å². The highest BCUT2D eigenvalue weighted by Crippen LogP contribution is 2.60. The molecule has 0 N–H and O–H groups in total. The van der Waals surface area contributed by atoms with Crippen LogP contribution >= 0.6 is 0 Å². The van der Waals surface area contributed by atoms with E-state index in [0.29, 0.717) is 67.5 Å². The summed E-state index contributed by atoms with van der Waals surface area (Å²) in [7, 11) is 0. The van der Waals surface area contributed by atoms with Crippen LogP contribution in [0, 0.1) is 0 Å². The van der Waals surface area contributed by atoms with Gasteiger partial charge in [-0.2, -0.15) is 0 Å². The summed E-state index contributed by atoms with van der Waals surface area (Å²) in [5.41, 5.74) is 10.5. The normalized spacial score (nSPS) is 16.0. The molecule has 12 aromatic carbocycles. The predicted molar refractivity (Wildman–Crippen MR) is 335 cm³/mol. The first-order chi connectivity index (χ1) is 45.5. The van der Waals surface area contributed by atoms with Crippen LogP contribution in [0.5, 0.6) is 11.5 Å². The van der Waals surface area contributed by atoms with Gasteiger partial charge in [-0.15, -0.1) is 0 Å². The van der Waals surface area contributed by atoms with Crippen molar-refractivity contribution in [3.63, 3.8) is 0 Å². The van der Waals surface area contributed by atoms with Crippen LogP contribution < -0.4 is 26.0 Å². The highest BCUT2D eigenvalue weighted by atomic mass is 16.5. The molecule has 3 aliphatic rings. The summed E-state index contributed by atoms with van der Waals surface area (Å²) in [6, 6.07) is 54.1. The van der Waals surface area contributed by atoms with Crippen molar-refractivity contribution >= 4 is 40.2 Å². The second-order valence-electron chi connectivity index (χ2n) is 21.6. The van der Waals surface area contributed by atoms with Gasteiger partial charge in [0.15, 0.2) is 0 Å². The van der Waals surface area contributed by atoms with E-state index < -0.39 is 90.7 Å². The van der Waals surface area contributed by atoms with Crippen molar-refractivity contribution in [2.45, 2.75) is 31.6 Å². The lowest BCUT2D eigenvalue weighted by Gasteiger charge is -2.42. The van der Waals surface area contributed by atoms with Crippen LogP contribution in [0.1, 0.15) is 69.1 Å². The van der Waals surface area contributed by atoms with E-state index >= 15 is 0 Å². The quantitative estimate of drug-likeness (QED) is 0.141. The van der Waals surface area contributed by atoms with E-state index in [-0.39, 0.29) is 34.2 Å². The monoisotopic (exact) mass is 1040 g/mol. The number of hydrogen-bond donors (Lipinski definition) is 0. The molecule has 0 spiro atoms. The zero-order chi connectivity index (χ0) is 66.6.